The second kappa shape index (κ2) is 7.22. The average molecular weight is 308 g/mol. The third-order valence-corrected chi connectivity index (χ3v) is 2.77. The van der Waals surface area contributed by atoms with Crippen LogP contribution >= 0.6 is 27.5 Å². The molecule has 0 aliphatic carbocycles. The molecule has 0 aliphatic rings. The smallest absolute Gasteiger partial charge is 0.0696 e. The first kappa shape index (κ1) is 13.9. The van der Waals surface area contributed by atoms with Gasteiger partial charge in [0.05, 0.1) is 12.0 Å². The first-order chi connectivity index (χ1) is 7.61. The number of ether oxygens (including phenoxy) is 1. The summed E-state index contributed by atoms with van der Waals surface area (Å²) < 4.78 is 5.99. The number of nitrogens with zero attached hydrogens (tertiary/aromatic N) is 2. The molecule has 0 radical (unpaired) electrons. The molecule has 0 aromatic carbocycles. The summed E-state index contributed by atoms with van der Waals surface area (Å²) in [6, 6.07) is 2.06. The number of hydrogen-bond acceptors (Lipinski definition) is 3. The maximum atomic E-state index is 6.08. The van der Waals surface area contributed by atoms with Crippen LogP contribution in [0.5, 0.6) is 0 Å². The van der Waals surface area contributed by atoms with E-state index in [2.05, 4.69) is 31.9 Å². The van der Waals surface area contributed by atoms with Crippen LogP contribution in [-0.4, -0.2) is 42.6 Å². The summed E-state index contributed by atoms with van der Waals surface area (Å²) in [5.74, 6) is 0. The molecule has 0 spiro atoms. The van der Waals surface area contributed by atoms with E-state index in [1.54, 1.807) is 13.3 Å². The summed E-state index contributed by atoms with van der Waals surface area (Å²) in [5.41, 5.74) is 1.16. The predicted octanol–water partition coefficient (Wildman–Crippen LogP) is 2.53. The van der Waals surface area contributed by atoms with Crippen molar-refractivity contribution in [3.63, 3.8) is 0 Å². The zero-order chi connectivity index (χ0) is 12.0. The van der Waals surface area contributed by atoms with Crippen molar-refractivity contribution in [1.82, 2.24) is 9.88 Å². The molecule has 1 aromatic heterocycles. The first-order valence-corrected chi connectivity index (χ1v) is 6.25. The van der Waals surface area contributed by atoms with Gasteiger partial charge in [0, 0.05) is 37.1 Å². The van der Waals surface area contributed by atoms with Crippen LogP contribution < -0.4 is 0 Å². The van der Waals surface area contributed by atoms with E-state index in [1.165, 1.54) is 0 Å². The van der Waals surface area contributed by atoms with Crippen LogP contribution in [0.15, 0.2) is 22.9 Å². The lowest BCUT2D eigenvalue weighted by Crippen LogP contribution is -2.28. The van der Waals surface area contributed by atoms with Crippen LogP contribution in [0.3, 0.4) is 0 Å². The van der Waals surface area contributed by atoms with E-state index >= 15 is 0 Å². The monoisotopic (exact) mass is 306 g/mol. The number of rotatable bonds is 6. The van der Waals surface area contributed by atoms with E-state index in [4.69, 9.17) is 16.3 Å². The summed E-state index contributed by atoms with van der Waals surface area (Å²) in [4.78, 5) is 6.27. The second-order valence-electron chi connectivity index (χ2n) is 3.76. The summed E-state index contributed by atoms with van der Waals surface area (Å²) in [7, 11) is 3.69. The third kappa shape index (κ3) is 5.25. The van der Waals surface area contributed by atoms with Crippen LogP contribution in [0.1, 0.15) is 5.56 Å². The fourth-order valence-electron chi connectivity index (χ4n) is 1.49. The minimum atomic E-state index is 0.0233. The van der Waals surface area contributed by atoms with E-state index < -0.39 is 0 Å². The molecule has 16 heavy (non-hydrogen) atoms. The molecule has 0 amide bonds. The van der Waals surface area contributed by atoms with Gasteiger partial charge in [0.15, 0.2) is 0 Å². The maximum Gasteiger partial charge on any atom is 0.0696 e. The Morgan fingerprint density at radius 2 is 2.31 bits per heavy atom. The van der Waals surface area contributed by atoms with Crippen molar-refractivity contribution in [2.24, 2.45) is 0 Å². The summed E-state index contributed by atoms with van der Waals surface area (Å²) in [6.07, 6.45) is 3.64. The molecule has 3 nitrogen and oxygen atoms in total. The molecule has 1 aromatic rings. The Hall–Kier alpha value is -0.160. The normalized spacial score (nSPS) is 13.1. The van der Waals surface area contributed by atoms with Crippen molar-refractivity contribution in [2.75, 3.05) is 27.3 Å². The van der Waals surface area contributed by atoms with Gasteiger partial charge in [-0.3, -0.25) is 4.98 Å². The molecule has 1 heterocycles. The largest absolute Gasteiger partial charge is 0.383 e. The van der Waals surface area contributed by atoms with Gasteiger partial charge in [-0.2, -0.15) is 0 Å². The molecule has 1 rings (SSSR count). The molecule has 90 valence electrons. The van der Waals surface area contributed by atoms with E-state index in [1.807, 2.05) is 13.2 Å². The van der Waals surface area contributed by atoms with Gasteiger partial charge in [-0.25, -0.2) is 0 Å². The summed E-state index contributed by atoms with van der Waals surface area (Å²) in [6.45, 7) is 2.20. The van der Waals surface area contributed by atoms with E-state index in [9.17, 15) is 0 Å². The molecule has 0 saturated carbocycles. The van der Waals surface area contributed by atoms with Gasteiger partial charge in [0.1, 0.15) is 0 Å². The highest BCUT2D eigenvalue weighted by Gasteiger charge is 2.08. The second-order valence-corrected chi connectivity index (χ2v) is 5.29. The number of aromatic nitrogens is 1. The van der Waals surface area contributed by atoms with Gasteiger partial charge in [0.2, 0.25) is 0 Å². The highest BCUT2D eigenvalue weighted by atomic mass is 79.9. The van der Waals surface area contributed by atoms with Crippen molar-refractivity contribution in [2.45, 2.75) is 11.9 Å². The molecule has 0 saturated heterocycles. The van der Waals surface area contributed by atoms with Gasteiger partial charge in [-0.1, -0.05) is 0 Å². The Bertz CT molecular complexity index is 325. The summed E-state index contributed by atoms with van der Waals surface area (Å²) >= 11 is 9.48. The van der Waals surface area contributed by atoms with Crippen LogP contribution in [0.2, 0.25) is 0 Å². The van der Waals surface area contributed by atoms with Crippen molar-refractivity contribution < 1.29 is 4.74 Å². The summed E-state index contributed by atoms with van der Waals surface area (Å²) in [5, 5.41) is 0.0233. The average Bonchev–Trinajstić information content (AvgIpc) is 2.17. The van der Waals surface area contributed by atoms with Crippen molar-refractivity contribution >= 4 is 27.5 Å². The molecule has 5 heteroatoms. The van der Waals surface area contributed by atoms with Crippen LogP contribution in [0.4, 0.5) is 0 Å². The number of methoxy groups -OCH3 is 1. The van der Waals surface area contributed by atoms with Gasteiger partial charge >= 0.3 is 0 Å². The number of alkyl halides is 1. The Kier molecular flexibility index (Phi) is 6.28. The fourth-order valence-corrected chi connectivity index (χ4v) is 2.26. The molecular weight excluding hydrogens is 291 g/mol. The van der Waals surface area contributed by atoms with Crippen molar-refractivity contribution in [3.05, 3.63) is 28.5 Å². The zero-order valence-electron chi connectivity index (χ0n) is 9.49. The maximum absolute atomic E-state index is 6.08. The number of hydrogen-bond donors (Lipinski definition) is 0. The standard InChI is InChI=1S/C11H16BrClN2O/c1-15(7-11(13)8-16-2)6-9-3-10(12)5-14-4-9/h3-5,11H,6-8H2,1-2H3. The zero-order valence-corrected chi connectivity index (χ0v) is 11.8. The van der Waals surface area contributed by atoms with Gasteiger partial charge in [-0.15, -0.1) is 11.6 Å². The van der Waals surface area contributed by atoms with Gasteiger partial charge in [0.25, 0.3) is 0 Å². The van der Waals surface area contributed by atoms with E-state index in [-0.39, 0.29) is 5.38 Å². The predicted molar refractivity (Wildman–Crippen MR) is 69.8 cm³/mol. The van der Waals surface area contributed by atoms with Crippen LogP contribution in [-0.2, 0) is 11.3 Å². The lowest BCUT2D eigenvalue weighted by molar-refractivity contribution is 0.181. The Labute approximate surface area is 110 Å². The lowest BCUT2D eigenvalue weighted by Gasteiger charge is -2.19. The van der Waals surface area contributed by atoms with Crippen LogP contribution in [0, 0.1) is 0 Å². The number of halogens is 2. The topological polar surface area (TPSA) is 25.4 Å². The van der Waals surface area contributed by atoms with Crippen molar-refractivity contribution in [1.29, 1.82) is 0 Å². The SMILES string of the molecule is COCC(Cl)CN(C)Cc1cncc(Br)c1. The van der Waals surface area contributed by atoms with Gasteiger partial charge < -0.3 is 9.64 Å². The highest BCUT2D eigenvalue weighted by Crippen LogP contribution is 2.11. The Morgan fingerprint density at radius 1 is 1.56 bits per heavy atom. The molecule has 1 atom stereocenters. The quantitative estimate of drug-likeness (QED) is 0.755. The molecule has 0 aliphatic heterocycles. The Balaban J connectivity index is 2.42. The highest BCUT2D eigenvalue weighted by molar-refractivity contribution is 9.10. The fraction of sp³-hybridized carbons (Fsp3) is 0.545. The minimum absolute atomic E-state index is 0.0233. The third-order valence-electron chi connectivity index (χ3n) is 2.07. The van der Waals surface area contributed by atoms with E-state index in [0.717, 1.165) is 23.1 Å². The first-order valence-electron chi connectivity index (χ1n) is 5.02. The molecule has 0 N–H and O–H groups in total. The molecular formula is C11H16BrClN2O. The molecule has 1 unspecified atom stereocenters. The van der Waals surface area contributed by atoms with Crippen LogP contribution in [0.25, 0.3) is 0 Å². The van der Waals surface area contributed by atoms with Gasteiger partial charge in [-0.05, 0) is 34.6 Å². The van der Waals surface area contributed by atoms with E-state index in [0.29, 0.717) is 6.61 Å². The number of pyridine rings is 1. The van der Waals surface area contributed by atoms with Crippen molar-refractivity contribution in [3.8, 4) is 0 Å². The lowest BCUT2D eigenvalue weighted by atomic mass is 10.2. The molecule has 0 bridgehead atoms. The molecule has 0 fully saturated rings. The Morgan fingerprint density at radius 3 is 2.94 bits per heavy atom. The minimum Gasteiger partial charge on any atom is -0.383 e.